The van der Waals surface area contributed by atoms with Crippen molar-refractivity contribution >= 4 is 34.1 Å². The second kappa shape index (κ2) is 9.40. The van der Waals surface area contributed by atoms with Gasteiger partial charge in [-0.25, -0.2) is 4.98 Å². The number of anilines is 1. The van der Waals surface area contributed by atoms with Gasteiger partial charge in [-0.05, 0) is 36.2 Å². The zero-order valence-electron chi connectivity index (χ0n) is 14.5. The van der Waals surface area contributed by atoms with Gasteiger partial charge in [-0.1, -0.05) is 37.3 Å². The van der Waals surface area contributed by atoms with E-state index in [2.05, 4.69) is 29.4 Å². The van der Waals surface area contributed by atoms with E-state index in [1.54, 1.807) is 11.8 Å². The van der Waals surface area contributed by atoms with Crippen molar-refractivity contribution in [2.75, 3.05) is 11.9 Å². The predicted molar refractivity (Wildman–Crippen MR) is 108 cm³/mol. The first-order chi connectivity index (χ1) is 12.7. The average Bonchev–Trinajstić information content (AvgIpc) is 3.13. The Hall–Kier alpha value is -2.31. The Balaban J connectivity index is 1.44. The van der Waals surface area contributed by atoms with E-state index < -0.39 is 0 Å². The summed E-state index contributed by atoms with van der Waals surface area (Å²) in [4.78, 5) is 17.7. The van der Waals surface area contributed by atoms with E-state index in [0.29, 0.717) is 10.9 Å². The maximum absolute atomic E-state index is 12.0. The van der Waals surface area contributed by atoms with Crippen LogP contribution in [0.15, 0.2) is 64.9 Å². The molecule has 0 unspecified atom stereocenters. The normalized spacial score (nSPS) is 10.5. The van der Waals surface area contributed by atoms with Gasteiger partial charge in [0.2, 0.25) is 0 Å². The lowest BCUT2D eigenvalue weighted by Crippen LogP contribution is -2.20. The molecule has 3 aromatic rings. The van der Waals surface area contributed by atoms with Crippen LogP contribution in [0.25, 0.3) is 0 Å². The first-order valence-electron chi connectivity index (χ1n) is 8.37. The Labute approximate surface area is 161 Å². The van der Waals surface area contributed by atoms with Gasteiger partial charge >= 0.3 is 0 Å². The van der Waals surface area contributed by atoms with E-state index in [9.17, 15) is 4.79 Å². The smallest absolute Gasteiger partial charge is 0.264 e. The minimum absolute atomic E-state index is 0.0286. The van der Waals surface area contributed by atoms with E-state index in [1.807, 2.05) is 47.8 Å². The molecule has 4 nitrogen and oxygen atoms in total. The molecule has 1 amide bonds. The molecule has 0 aliphatic rings. The number of nitrogens with one attached hydrogen (secondary N) is 1. The molecule has 0 aliphatic carbocycles. The highest BCUT2D eigenvalue weighted by atomic mass is 32.2. The van der Waals surface area contributed by atoms with Crippen LogP contribution < -0.4 is 10.1 Å². The molecule has 0 bridgehead atoms. The van der Waals surface area contributed by atoms with Gasteiger partial charge in [-0.3, -0.25) is 10.1 Å². The first-order valence-corrected chi connectivity index (χ1v) is 10.2. The summed E-state index contributed by atoms with van der Waals surface area (Å²) < 4.78 is 5.51. The molecule has 2 aromatic carbocycles. The molecule has 0 atom stereocenters. The number of carbonyl (C=O) groups is 1. The maximum Gasteiger partial charge on any atom is 0.264 e. The number of aryl methyl sites for hydroxylation is 1. The monoisotopic (exact) mass is 384 g/mol. The van der Waals surface area contributed by atoms with E-state index >= 15 is 0 Å². The number of ether oxygens (including phenoxy) is 1. The number of hydrogen-bond donors (Lipinski definition) is 1. The number of benzene rings is 2. The van der Waals surface area contributed by atoms with Crippen molar-refractivity contribution in [1.29, 1.82) is 0 Å². The van der Waals surface area contributed by atoms with Crippen molar-refractivity contribution in [2.45, 2.75) is 24.0 Å². The van der Waals surface area contributed by atoms with Crippen molar-refractivity contribution in [3.05, 3.63) is 71.2 Å². The molecule has 0 saturated heterocycles. The van der Waals surface area contributed by atoms with Crippen molar-refractivity contribution < 1.29 is 9.53 Å². The second-order valence-electron chi connectivity index (χ2n) is 5.58. The number of hydrogen-bond acceptors (Lipinski definition) is 5. The number of nitrogens with zero attached hydrogens (tertiary/aromatic N) is 1. The molecule has 0 spiro atoms. The van der Waals surface area contributed by atoms with Crippen LogP contribution in [0.3, 0.4) is 0 Å². The van der Waals surface area contributed by atoms with Crippen molar-refractivity contribution in [1.82, 2.24) is 4.98 Å². The third-order valence-corrected chi connectivity index (χ3v) is 5.48. The van der Waals surface area contributed by atoms with Crippen LogP contribution in [0.2, 0.25) is 0 Å². The van der Waals surface area contributed by atoms with Crippen LogP contribution in [0.4, 0.5) is 5.13 Å². The molecule has 0 fully saturated rings. The molecule has 1 aromatic heterocycles. The Morgan fingerprint density at radius 1 is 1.15 bits per heavy atom. The van der Waals surface area contributed by atoms with E-state index in [4.69, 9.17) is 4.74 Å². The fourth-order valence-corrected chi connectivity index (χ4v) is 3.87. The highest BCUT2D eigenvalue weighted by molar-refractivity contribution is 7.98. The second-order valence-corrected chi connectivity index (χ2v) is 7.49. The quantitative estimate of drug-likeness (QED) is 0.554. The molecule has 3 rings (SSSR count). The molecule has 1 N–H and O–H groups in total. The predicted octanol–water partition coefficient (Wildman–Crippen LogP) is 5.02. The zero-order chi connectivity index (χ0) is 18.2. The lowest BCUT2D eigenvalue weighted by molar-refractivity contribution is -0.118. The van der Waals surface area contributed by atoms with Gasteiger partial charge in [0.25, 0.3) is 5.91 Å². The summed E-state index contributed by atoms with van der Waals surface area (Å²) in [6.07, 6.45) is 0.982. The molecule has 0 aliphatic heterocycles. The molecule has 134 valence electrons. The summed E-state index contributed by atoms with van der Waals surface area (Å²) in [5, 5.41) is 5.36. The Kier molecular flexibility index (Phi) is 6.68. The minimum atomic E-state index is -0.207. The van der Waals surface area contributed by atoms with Gasteiger partial charge in [0.15, 0.2) is 11.7 Å². The topological polar surface area (TPSA) is 51.2 Å². The number of carbonyl (C=O) groups excluding carboxylic acids is 1. The van der Waals surface area contributed by atoms with Gasteiger partial charge in [0, 0.05) is 16.0 Å². The molecular weight excluding hydrogens is 364 g/mol. The lowest BCUT2D eigenvalue weighted by Gasteiger charge is -2.06. The highest BCUT2D eigenvalue weighted by Gasteiger charge is 2.08. The third-order valence-electron chi connectivity index (χ3n) is 3.63. The summed E-state index contributed by atoms with van der Waals surface area (Å²) in [5.74, 6) is 1.26. The molecular formula is C20H20N2O2S2. The Bertz CT molecular complexity index is 833. The lowest BCUT2D eigenvalue weighted by atomic mass is 10.2. The number of thioether (sulfide) groups is 1. The van der Waals surface area contributed by atoms with Crippen LogP contribution in [-0.2, 0) is 17.0 Å². The molecule has 26 heavy (non-hydrogen) atoms. The van der Waals surface area contributed by atoms with Crippen molar-refractivity contribution in [2.24, 2.45) is 0 Å². The van der Waals surface area contributed by atoms with Crippen molar-refractivity contribution in [3.63, 3.8) is 0 Å². The summed E-state index contributed by atoms with van der Waals surface area (Å²) in [5.41, 5.74) is 2.20. The van der Waals surface area contributed by atoms with Crippen LogP contribution in [0.5, 0.6) is 5.75 Å². The highest BCUT2D eigenvalue weighted by Crippen LogP contribution is 2.24. The summed E-state index contributed by atoms with van der Waals surface area (Å²) in [6.45, 7) is 2.07. The SMILES string of the molecule is CCc1ccc(OCC(=O)Nc2nc(CSc3ccccc3)cs2)cc1. The first kappa shape index (κ1) is 18.5. The van der Waals surface area contributed by atoms with Gasteiger partial charge < -0.3 is 4.74 Å². The van der Waals surface area contributed by atoms with E-state index in [1.165, 1.54) is 21.8 Å². The average molecular weight is 385 g/mol. The molecule has 6 heteroatoms. The molecule has 0 radical (unpaired) electrons. The Morgan fingerprint density at radius 3 is 2.65 bits per heavy atom. The molecule has 1 heterocycles. The summed E-state index contributed by atoms with van der Waals surface area (Å²) in [6, 6.07) is 18.0. The number of thiazole rings is 1. The largest absolute Gasteiger partial charge is 0.484 e. The van der Waals surface area contributed by atoms with E-state index in [-0.39, 0.29) is 12.5 Å². The van der Waals surface area contributed by atoms with Gasteiger partial charge in [0.05, 0.1) is 5.69 Å². The summed E-state index contributed by atoms with van der Waals surface area (Å²) >= 11 is 3.15. The third kappa shape index (κ3) is 5.61. The maximum atomic E-state index is 12.0. The summed E-state index contributed by atoms with van der Waals surface area (Å²) in [7, 11) is 0. The van der Waals surface area contributed by atoms with Gasteiger partial charge in [-0.2, -0.15) is 0 Å². The Morgan fingerprint density at radius 2 is 1.92 bits per heavy atom. The van der Waals surface area contributed by atoms with Crippen molar-refractivity contribution in [3.8, 4) is 5.75 Å². The van der Waals surface area contributed by atoms with Crippen LogP contribution in [-0.4, -0.2) is 17.5 Å². The fourth-order valence-electron chi connectivity index (χ4n) is 2.23. The zero-order valence-corrected chi connectivity index (χ0v) is 16.1. The van der Waals surface area contributed by atoms with Gasteiger partial charge in [-0.15, -0.1) is 23.1 Å². The molecule has 0 saturated carbocycles. The standard InChI is InChI=1S/C20H20N2O2S2/c1-2-15-8-10-17(11-9-15)24-12-19(23)22-20-21-16(14-26-20)13-25-18-6-4-3-5-7-18/h3-11,14H,2,12-13H2,1H3,(H,21,22,23). The van der Waals surface area contributed by atoms with Gasteiger partial charge in [0.1, 0.15) is 5.75 Å². The van der Waals surface area contributed by atoms with Crippen LogP contribution >= 0.6 is 23.1 Å². The van der Waals surface area contributed by atoms with Crippen LogP contribution in [0.1, 0.15) is 18.2 Å². The number of rotatable bonds is 8. The fraction of sp³-hybridized carbons (Fsp3) is 0.200. The number of aromatic nitrogens is 1. The number of amides is 1. The van der Waals surface area contributed by atoms with Crippen LogP contribution in [0, 0.1) is 0 Å². The minimum Gasteiger partial charge on any atom is -0.484 e. The van der Waals surface area contributed by atoms with E-state index in [0.717, 1.165) is 17.9 Å².